The van der Waals surface area contributed by atoms with Gasteiger partial charge in [0, 0.05) is 13.1 Å². The molecule has 0 amide bonds. The Balaban J connectivity index is 1.84. The zero-order valence-electron chi connectivity index (χ0n) is 15.8. The van der Waals surface area contributed by atoms with E-state index in [2.05, 4.69) is 55.6 Å². The summed E-state index contributed by atoms with van der Waals surface area (Å²) >= 11 is 0. The van der Waals surface area contributed by atoms with E-state index in [9.17, 15) is 0 Å². The van der Waals surface area contributed by atoms with Gasteiger partial charge in [0.15, 0.2) is 11.5 Å². The van der Waals surface area contributed by atoms with Gasteiger partial charge in [-0.1, -0.05) is 56.5 Å². The van der Waals surface area contributed by atoms with Crippen molar-refractivity contribution in [1.29, 1.82) is 0 Å². The normalized spacial score (nSPS) is 10.7. The van der Waals surface area contributed by atoms with Gasteiger partial charge in [0.2, 0.25) is 0 Å². The highest BCUT2D eigenvalue weighted by Gasteiger charge is 2.06. The maximum Gasteiger partial charge on any atom is 0.161 e. The minimum absolute atomic E-state index is 0.751. The summed E-state index contributed by atoms with van der Waals surface area (Å²) in [7, 11) is 1.70. The van der Waals surface area contributed by atoms with E-state index in [1.807, 2.05) is 6.07 Å². The van der Waals surface area contributed by atoms with Crippen LogP contribution in [0.25, 0.3) is 0 Å². The van der Waals surface area contributed by atoms with E-state index < -0.39 is 0 Å². The monoisotopic (exact) mass is 341 g/mol. The number of methoxy groups -OCH3 is 1. The quantitative estimate of drug-likeness (QED) is 0.566. The third-order valence-corrected chi connectivity index (χ3v) is 4.39. The molecule has 2 aromatic rings. The first kappa shape index (κ1) is 19.3. The summed E-state index contributed by atoms with van der Waals surface area (Å²) in [5.74, 6) is 1.65. The number of ether oxygens (including phenoxy) is 2. The van der Waals surface area contributed by atoms with E-state index in [-0.39, 0.29) is 0 Å². The Labute approximate surface area is 152 Å². The summed E-state index contributed by atoms with van der Waals surface area (Å²) in [5, 5.41) is 3.50. The lowest BCUT2D eigenvalue weighted by atomic mass is 10.1. The van der Waals surface area contributed by atoms with Crippen LogP contribution in [0.2, 0.25) is 0 Å². The number of aryl methyl sites for hydroxylation is 1. The van der Waals surface area contributed by atoms with Crippen molar-refractivity contribution in [3.63, 3.8) is 0 Å². The van der Waals surface area contributed by atoms with E-state index in [0.29, 0.717) is 0 Å². The summed E-state index contributed by atoms with van der Waals surface area (Å²) in [6, 6.07) is 14.7. The zero-order valence-corrected chi connectivity index (χ0v) is 15.8. The van der Waals surface area contributed by atoms with E-state index >= 15 is 0 Å². The SMILES string of the molecule is CCCCCCOc1ccc(CNCc2ccccc2C)cc1OC. The van der Waals surface area contributed by atoms with Gasteiger partial charge in [0.05, 0.1) is 13.7 Å². The molecular formula is C22H31NO2. The molecule has 3 heteroatoms. The molecule has 0 unspecified atom stereocenters. The number of unbranched alkanes of at least 4 members (excludes halogenated alkanes) is 3. The number of nitrogens with one attached hydrogen (secondary N) is 1. The van der Waals surface area contributed by atoms with Crippen molar-refractivity contribution in [3.8, 4) is 11.5 Å². The van der Waals surface area contributed by atoms with Crippen LogP contribution in [-0.2, 0) is 13.1 Å². The van der Waals surface area contributed by atoms with Crippen LogP contribution >= 0.6 is 0 Å². The van der Waals surface area contributed by atoms with Crippen molar-refractivity contribution < 1.29 is 9.47 Å². The third kappa shape index (κ3) is 6.43. The highest BCUT2D eigenvalue weighted by molar-refractivity contribution is 5.43. The van der Waals surface area contributed by atoms with E-state index in [0.717, 1.165) is 37.6 Å². The van der Waals surface area contributed by atoms with Gasteiger partial charge in [0.1, 0.15) is 0 Å². The second kappa shape index (κ2) is 10.8. The molecule has 0 radical (unpaired) electrons. The van der Waals surface area contributed by atoms with Crippen molar-refractivity contribution in [2.45, 2.75) is 52.6 Å². The van der Waals surface area contributed by atoms with Gasteiger partial charge in [-0.15, -0.1) is 0 Å². The van der Waals surface area contributed by atoms with Gasteiger partial charge >= 0.3 is 0 Å². The van der Waals surface area contributed by atoms with Crippen LogP contribution < -0.4 is 14.8 Å². The van der Waals surface area contributed by atoms with Crippen molar-refractivity contribution in [3.05, 3.63) is 59.2 Å². The first-order chi connectivity index (χ1) is 12.2. The van der Waals surface area contributed by atoms with Gasteiger partial charge < -0.3 is 14.8 Å². The first-order valence-corrected chi connectivity index (χ1v) is 9.29. The Morgan fingerprint density at radius 3 is 2.52 bits per heavy atom. The maximum absolute atomic E-state index is 5.87. The Morgan fingerprint density at radius 2 is 1.76 bits per heavy atom. The van der Waals surface area contributed by atoms with Gasteiger partial charge in [-0.2, -0.15) is 0 Å². The second-order valence-electron chi connectivity index (χ2n) is 6.42. The molecule has 1 N–H and O–H groups in total. The van der Waals surface area contributed by atoms with Gasteiger partial charge in [0.25, 0.3) is 0 Å². The van der Waals surface area contributed by atoms with Gasteiger partial charge in [-0.05, 0) is 42.2 Å². The van der Waals surface area contributed by atoms with Crippen LogP contribution in [0.3, 0.4) is 0 Å². The number of rotatable bonds is 11. The minimum Gasteiger partial charge on any atom is -0.493 e. The lowest BCUT2D eigenvalue weighted by Crippen LogP contribution is -2.13. The molecular weight excluding hydrogens is 310 g/mol. The lowest BCUT2D eigenvalue weighted by Gasteiger charge is -2.13. The standard InChI is InChI=1S/C22H31NO2/c1-4-5-6-9-14-25-21-13-12-19(15-22(21)24-3)16-23-17-20-11-8-7-10-18(20)2/h7-8,10-13,15,23H,4-6,9,14,16-17H2,1-3H3. The predicted octanol–water partition coefficient (Wildman–Crippen LogP) is 5.25. The van der Waals surface area contributed by atoms with E-state index in [1.165, 1.54) is 36.0 Å². The van der Waals surface area contributed by atoms with Crippen molar-refractivity contribution >= 4 is 0 Å². The molecule has 0 aliphatic heterocycles. The molecule has 2 aromatic carbocycles. The zero-order chi connectivity index (χ0) is 17.9. The Hall–Kier alpha value is -2.00. The Morgan fingerprint density at radius 1 is 0.920 bits per heavy atom. The predicted molar refractivity (Wildman–Crippen MR) is 104 cm³/mol. The molecule has 25 heavy (non-hydrogen) atoms. The third-order valence-electron chi connectivity index (χ3n) is 4.39. The summed E-state index contributed by atoms with van der Waals surface area (Å²) in [6.07, 6.45) is 4.83. The average molecular weight is 341 g/mol. The fourth-order valence-electron chi connectivity index (χ4n) is 2.80. The van der Waals surface area contributed by atoms with Crippen LogP contribution in [0, 0.1) is 6.92 Å². The topological polar surface area (TPSA) is 30.5 Å². The highest BCUT2D eigenvalue weighted by atomic mass is 16.5. The average Bonchev–Trinajstić information content (AvgIpc) is 2.64. The smallest absolute Gasteiger partial charge is 0.161 e. The molecule has 3 nitrogen and oxygen atoms in total. The molecule has 0 aromatic heterocycles. The maximum atomic E-state index is 5.87. The summed E-state index contributed by atoms with van der Waals surface area (Å²) in [6.45, 7) is 6.79. The molecule has 0 bridgehead atoms. The molecule has 0 saturated carbocycles. The molecule has 0 heterocycles. The van der Waals surface area contributed by atoms with Gasteiger partial charge in [-0.25, -0.2) is 0 Å². The van der Waals surface area contributed by atoms with E-state index in [1.54, 1.807) is 7.11 Å². The van der Waals surface area contributed by atoms with Crippen LogP contribution in [0.4, 0.5) is 0 Å². The Kier molecular flexibility index (Phi) is 8.33. The molecule has 0 spiro atoms. The number of hydrogen-bond donors (Lipinski definition) is 1. The van der Waals surface area contributed by atoms with Crippen molar-refractivity contribution in [2.75, 3.05) is 13.7 Å². The largest absolute Gasteiger partial charge is 0.493 e. The summed E-state index contributed by atoms with van der Waals surface area (Å²) < 4.78 is 11.4. The summed E-state index contributed by atoms with van der Waals surface area (Å²) in [5.41, 5.74) is 3.85. The molecule has 0 aliphatic rings. The van der Waals surface area contributed by atoms with Crippen LogP contribution in [0.15, 0.2) is 42.5 Å². The first-order valence-electron chi connectivity index (χ1n) is 9.29. The van der Waals surface area contributed by atoms with Crippen molar-refractivity contribution in [1.82, 2.24) is 5.32 Å². The second-order valence-corrected chi connectivity index (χ2v) is 6.42. The molecule has 136 valence electrons. The van der Waals surface area contributed by atoms with Crippen LogP contribution in [0.5, 0.6) is 11.5 Å². The van der Waals surface area contributed by atoms with Crippen LogP contribution in [-0.4, -0.2) is 13.7 Å². The molecule has 0 fully saturated rings. The molecule has 0 saturated heterocycles. The highest BCUT2D eigenvalue weighted by Crippen LogP contribution is 2.28. The Bertz CT molecular complexity index is 640. The van der Waals surface area contributed by atoms with Gasteiger partial charge in [-0.3, -0.25) is 0 Å². The molecule has 0 aliphatic carbocycles. The van der Waals surface area contributed by atoms with Crippen LogP contribution in [0.1, 0.15) is 49.3 Å². The van der Waals surface area contributed by atoms with Crippen molar-refractivity contribution in [2.24, 2.45) is 0 Å². The van der Waals surface area contributed by atoms with E-state index in [4.69, 9.17) is 9.47 Å². The lowest BCUT2D eigenvalue weighted by molar-refractivity contribution is 0.285. The number of hydrogen-bond acceptors (Lipinski definition) is 3. The fraction of sp³-hybridized carbons (Fsp3) is 0.455. The fourth-order valence-corrected chi connectivity index (χ4v) is 2.80. The number of benzene rings is 2. The molecule has 0 atom stereocenters. The molecule has 2 rings (SSSR count). The minimum atomic E-state index is 0.751. The summed E-state index contributed by atoms with van der Waals surface area (Å²) in [4.78, 5) is 0.